The molecule has 0 aliphatic heterocycles. The molecule has 1 amide bonds. The molecule has 0 radical (unpaired) electrons. The number of hydrogen-bond donors (Lipinski definition) is 2. The number of amides is 1. The van der Waals surface area contributed by atoms with Crippen molar-refractivity contribution in [1.82, 2.24) is 0 Å². The van der Waals surface area contributed by atoms with Gasteiger partial charge in [-0.05, 0) is 38.5 Å². The zero-order valence-electron chi connectivity index (χ0n) is 11.6. The Balaban J connectivity index is 2.88. The van der Waals surface area contributed by atoms with Gasteiger partial charge in [0.1, 0.15) is 17.6 Å². The Morgan fingerprint density at radius 1 is 1.42 bits per heavy atom. The maximum atomic E-state index is 11.6. The lowest BCUT2D eigenvalue weighted by atomic mass is 10.0. The Labute approximate surface area is 112 Å². The highest BCUT2D eigenvalue weighted by Gasteiger charge is 2.17. The van der Waals surface area contributed by atoms with Crippen molar-refractivity contribution in [2.45, 2.75) is 39.2 Å². The van der Waals surface area contributed by atoms with Crippen LogP contribution in [0.1, 0.15) is 39.2 Å². The lowest BCUT2D eigenvalue weighted by Gasteiger charge is -2.20. The van der Waals surface area contributed by atoms with Gasteiger partial charge in [-0.1, -0.05) is 13.0 Å². The summed E-state index contributed by atoms with van der Waals surface area (Å²) in [7, 11) is 0. The number of ether oxygens (including phenoxy) is 1. The minimum atomic E-state index is -0.654. The van der Waals surface area contributed by atoms with Gasteiger partial charge in [-0.3, -0.25) is 5.32 Å². The molecule has 1 aromatic carbocycles. The summed E-state index contributed by atoms with van der Waals surface area (Å²) in [6.07, 6.45) is 0.141. The molecule has 1 aromatic rings. The molecule has 5 heteroatoms. The third kappa shape index (κ3) is 4.62. The summed E-state index contributed by atoms with van der Waals surface area (Å²) in [4.78, 5) is 22.4. The summed E-state index contributed by atoms with van der Waals surface area (Å²) >= 11 is 0. The molecule has 1 unspecified atom stereocenters. The van der Waals surface area contributed by atoms with Crippen LogP contribution in [-0.4, -0.2) is 23.1 Å². The standard InChI is InChI=1S/C14H19NO4/c1-9(8-16)10-5-6-12(17)11(7-10)15-13(18)19-14(2,3)4/h5-9,17H,1-4H3,(H,15,18). The van der Waals surface area contributed by atoms with Crippen molar-refractivity contribution < 1.29 is 19.4 Å². The number of hydrogen-bond acceptors (Lipinski definition) is 4. The van der Waals surface area contributed by atoms with Gasteiger partial charge in [0.25, 0.3) is 0 Å². The minimum Gasteiger partial charge on any atom is -0.506 e. The summed E-state index contributed by atoms with van der Waals surface area (Å²) in [6.45, 7) is 6.97. The lowest BCUT2D eigenvalue weighted by Crippen LogP contribution is -2.27. The van der Waals surface area contributed by atoms with Crippen molar-refractivity contribution in [3.05, 3.63) is 23.8 Å². The van der Waals surface area contributed by atoms with E-state index in [1.807, 2.05) is 0 Å². The fourth-order valence-electron chi connectivity index (χ4n) is 1.43. The Kier molecular flexibility index (Phi) is 4.53. The Morgan fingerprint density at radius 2 is 2.05 bits per heavy atom. The molecule has 1 atom stereocenters. The van der Waals surface area contributed by atoms with E-state index in [1.165, 1.54) is 6.07 Å². The minimum absolute atomic E-state index is 0.0762. The van der Waals surface area contributed by atoms with Crippen molar-refractivity contribution in [1.29, 1.82) is 0 Å². The Morgan fingerprint density at radius 3 is 2.58 bits per heavy atom. The second-order valence-electron chi connectivity index (χ2n) is 5.33. The number of rotatable bonds is 3. The quantitative estimate of drug-likeness (QED) is 0.650. The number of anilines is 1. The molecule has 0 saturated heterocycles. The van der Waals surface area contributed by atoms with E-state index in [1.54, 1.807) is 39.8 Å². The predicted molar refractivity (Wildman–Crippen MR) is 72.4 cm³/mol. The molecule has 0 saturated carbocycles. The van der Waals surface area contributed by atoms with Gasteiger partial charge in [-0.15, -0.1) is 0 Å². The summed E-state index contributed by atoms with van der Waals surface area (Å²) in [5, 5.41) is 12.1. The van der Waals surface area contributed by atoms with E-state index in [9.17, 15) is 14.7 Å². The first-order valence-electron chi connectivity index (χ1n) is 6.01. The van der Waals surface area contributed by atoms with E-state index in [2.05, 4.69) is 5.32 Å². The van der Waals surface area contributed by atoms with Crippen molar-refractivity contribution in [2.24, 2.45) is 0 Å². The van der Waals surface area contributed by atoms with Crippen LogP contribution in [0.25, 0.3) is 0 Å². The monoisotopic (exact) mass is 265 g/mol. The molecule has 19 heavy (non-hydrogen) atoms. The molecule has 0 spiro atoms. The summed E-state index contributed by atoms with van der Waals surface area (Å²) in [5.74, 6) is -0.382. The van der Waals surface area contributed by atoms with Gasteiger partial charge in [0, 0.05) is 5.92 Å². The van der Waals surface area contributed by atoms with Crippen LogP contribution in [0.3, 0.4) is 0 Å². The number of benzene rings is 1. The van der Waals surface area contributed by atoms with Crippen LogP contribution >= 0.6 is 0 Å². The molecule has 0 heterocycles. The SMILES string of the molecule is CC(C=O)c1ccc(O)c(NC(=O)OC(C)(C)C)c1. The van der Waals surface area contributed by atoms with Gasteiger partial charge in [0.05, 0.1) is 5.69 Å². The van der Waals surface area contributed by atoms with Crippen LogP contribution in [-0.2, 0) is 9.53 Å². The number of phenols is 1. The topological polar surface area (TPSA) is 75.6 Å². The number of aldehydes is 1. The highest BCUT2D eigenvalue weighted by atomic mass is 16.6. The van der Waals surface area contributed by atoms with Crippen LogP contribution in [0.5, 0.6) is 5.75 Å². The Hall–Kier alpha value is -2.04. The Bertz CT molecular complexity index is 477. The van der Waals surface area contributed by atoms with Crippen molar-refractivity contribution in [3.63, 3.8) is 0 Å². The molecule has 104 valence electrons. The lowest BCUT2D eigenvalue weighted by molar-refractivity contribution is -0.108. The highest BCUT2D eigenvalue weighted by molar-refractivity contribution is 5.87. The fourth-order valence-corrected chi connectivity index (χ4v) is 1.43. The van der Waals surface area contributed by atoms with Gasteiger partial charge >= 0.3 is 6.09 Å². The van der Waals surface area contributed by atoms with Crippen molar-refractivity contribution in [3.8, 4) is 5.75 Å². The van der Waals surface area contributed by atoms with E-state index in [0.29, 0.717) is 5.56 Å². The molecule has 0 fully saturated rings. The molecule has 2 N–H and O–H groups in total. The van der Waals surface area contributed by atoms with Gasteiger partial charge in [-0.2, -0.15) is 0 Å². The van der Waals surface area contributed by atoms with Crippen molar-refractivity contribution >= 4 is 18.1 Å². The van der Waals surface area contributed by atoms with E-state index < -0.39 is 11.7 Å². The third-order valence-corrected chi connectivity index (χ3v) is 2.39. The molecular formula is C14H19NO4. The molecule has 0 bridgehead atoms. The first-order chi connectivity index (χ1) is 8.73. The molecule has 5 nitrogen and oxygen atoms in total. The average molecular weight is 265 g/mol. The molecular weight excluding hydrogens is 246 g/mol. The van der Waals surface area contributed by atoms with E-state index in [0.717, 1.165) is 6.29 Å². The number of carbonyl (C=O) groups excluding carboxylic acids is 2. The normalized spacial score (nSPS) is 12.6. The molecule has 0 aliphatic rings. The average Bonchev–Trinajstić information content (AvgIpc) is 2.28. The number of aromatic hydroxyl groups is 1. The van der Waals surface area contributed by atoms with E-state index in [-0.39, 0.29) is 17.4 Å². The smallest absolute Gasteiger partial charge is 0.412 e. The maximum absolute atomic E-state index is 11.6. The van der Waals surface area contributed by atoms with Gasteiger partial charge < -0.3 is 14.6 Å². The number of nitrogens with one attached hydrogen (secondary N) is 1. The van der Waals surface area contributed by atoms with Gasteiger partial charge in [-0.25, -0.2) is 4.79 Å². The number of phenolic OH excluding ortho intramolecular Hbond substituents is 1. The zero-order chi connectivity index (χ0) is 14.6. The fraction of sp³-hybridized carbons (Fsp3) is 0.429. The van der Waals surface area contributed by atoms with Crippen LogP contribution in [0.2, 0.25) is 0 Å². The largest absolute Gasteiger partial charge is 0.506 e. The molecule has 1 rings (SSSR count). The second-order valence-corrected chi connectivity index (χ2v) is 5.33. The van der Waals surface area contributed by atoms with Crippen LogP contribution < -0.4 is 5.32 Å². The summed E-state index contributed by atoms with van der Waals surface area (Å²) in [5.41, 5.74) is 0.312. The number of carbonyl (C=O) groups is 2. The van der Waals surface area contributed by atoms with E-state index in [4.69, 9.17) is 4.74 Å². The van der Waals surface area contributed by atoms with Crippen LogP contribution in [0.4, 0.5) is 10.5 Å². The van der Waals surface area contributed by atoms with Crippen LogP contribution in [0.15, 0.2) is 18.2 Å². The molecule has 0 aromatic heterocycles. The van der Waals surface area contributed by atoms with Gasteiger partial charge in [0.2, 0.25) is 0 Å². The van der Waals surface area contributed by atoms with E-state index >= 15 is 0 Å². The summed E-state index contributed by atoms with van der Waals surface area (Å²) in [6, 6.07) is 4.62. The highest BCUT2D eigenvalue weighted by Crippen LogP contribution is 2.27. The predicted octanol–water partition coefficient (Wildman–Crippen LogP) is 3.04. The van der Waals surface area contributed by atoms with Crippen molar-refractivity contribution in [2.75, 3.05) is 5.32 Å². The van der Waals surface area contributed by atoms with Gasteiger partial charge in [0.15, 0.2) is 0 Å². The van der Waals surface area contributed by atoms with Crippen LogP contribution in [0, 0.1) is 0 Å². The second kappa shape index (κ2) is 5.73. The molecule has 0 aliphatic carbocycles. The maximum Gasteiger partial charge on any atom is 0.412 e. The zero-order valence-corrected chi connectivity index (χ0v) is 11.6. The third-order valence-electron chi connectivity index (χ3n) is 2.39. The first-order valence-corrected chi connectivity index (χ1v) is 6.01. The summed E-state index contributed by atoms with van der Waals surface area (Å²) < 4.78 is 5.09. The first kappa shape index (κ1) is 15.0.